The molecule has 6 nitrogen and oxygen atoms in total. The molecule has 2 aromatic rings. The van der Waals surface area contributed by atoms with Gasteiger partial charge in [-0.25, -0.2) is 4.79 Å². The van der Waals surface area contributed by atoms with Crippen molar-refractivity contribution in [3.63, 3.8) is 0 Å². The van der Waals surface area contributed by atoms with E-state index in [1.54, 1.807) is 24.3 Å². The van der Waals surface area contributed by atoms with E-state index >= 15 is 0 Å². The Morgan fingerprint density at radius 2 is 1.70 bits per heavy atom. The minimum absolute atomic E-state index is 0.0120. The molecule has 0 atom stereocenters. The van der Waals surface area contributed by atoms with E-state index in [0.29, 0.717) is 5.75 Å². The normalized spacial score (nSPS) is 10.8. The lowest BCUT2D eigenvalue weighted by atomic mass is 10.2. The summed E-state index contributed by atoms with van der Waals surface area (Å²) >= 11 is 0. The summed E-state index contributed by atoms with van der Waals surface area (Å²) in [5.41, 5.74) is 0.738. The van der Waals surface area contributed by atoms with Crippen LogP contribution in [-0.4, -0.2) is 32.0 Å². The van der Waals surface area contributed by atoms with Crippen LogP contribution in [0, 0.1) is 0 Å². The van der Waals surface area contributed by atoms with E-state index in [1.165, 1.54) is 7.11 Å². The number of alkyl halides is 3. The minimum atomic E-state index is -4.82. The van der Waals surface area contributed by atoms with Gasteiger partial charge in [-0.2, -0.15) is 0 Å². The number of halogens is 3. The van der Waals surface area contributed by atoms with Crippen molar-refractivity contribution in [2.45, 2.75) is 12.9 Å². The van der Waals surface area contributed by atoms with Crippen molar-refractivity contribution in [3.8, 4) is 11.5 Å². The molecular weight excluding hydrogens is 367 g/mol. The molecule has 0 saturated heterocycles. The highest BCUT2D eigenvalue weighted by molar-refractivity contribution is 5.91. The Hall–Kier alpha value is -3.23. The number of hydrogen-bond acceptors (Lipinski definition) is 5. The first kappa shape index (κ1) is 20.1. The maximum Gasteiger partial charge on any atom is 0.573 e. The molecule has 0 aliphatic carbocycles. The molecule has 0 saturated carbocycles. The van der Waals surface area contributed by atoms with E-state index in [0.717, 1.165) is 29.8 Å². The Balaban J connectivity index is 1.81. The molecule has 1 amide bonds. The van der Waals surface area contributed by atoms with Crippen LogP contribution in [0.5, 0.6) is 11.5 Å². The maximum atomic E-state index is 12.1. The highest BCUT2D eigenvalue weighted by Crippen LogP contribution is 2.23. The van der Waals surface area contributed by atoms with Crippen LogP contribution >= 0.6 is 0 Å². The summed E-state index contributed by atoms with van der Waals surface area (Å²) in [5.74, 6) is -1.24. The number of esters is 1. The number of methoxy groups -OCH3 is 1. The Labute approximate surface area is 152 Å². The van der Waals surface area contributed by atoms with E-state index in [2.05, 4.69) is 10.1 Å². The predicted molar refractivity (Wildman–Crippen MR) is 88.2 cm³/mol. The van der Waals surface area contributed by atoms with Crippen LogP contribution in [0.2, 0.25) is 0 Å². The second-order valence-electron chi connectivity index (χ2n) is 5.24. The lowest BCUT2D eigenvalue weighted by molar-refractivity contribution is -0.274. The molecule has 144 valence electrons. The van der Waals surface area contributed by atoms with Gasteiger partial charge in [0.1, 0.15) is 11.5 Å². The first-order chi connectivity index (χ1) is 12.8. The van der Waals surface area contributed by atoms with E-state index in [1.807, 2.05) is 0 Å². The SMILES string of the molecule is COc1ccccc1CNC(=O)COC(=O)c1ccc(OC(F)(F)F)cc1. The standard InChI is InChI=1S/C18H16F3NO5/c1-25-15-5-3-2-4-13(15)10-22-16(23)11-26-17(24)12-6-8-14(9-7-12)27-18(19,20)21/h2-9H,10-11H2,1H3,(H,22,23). The number of benzene rings is 2. The molecule has 0 aliphatic heterocycles. The van der Waals surface area contributed by atoms with Gasteiger partial charge in [0.25, 0.3) is 5.91 Å². The topological polar surface area (TPSA) is 73.9 Å². The van der Waals surface area contributed by atoms with E-state index in [4.69, 9.17) is 9.47 Å². The first-order valence-electron chi connectivity index (χ1n) is 7.70. The van der Waals surface area contributed by atoms with Gasteiger partial charge in [0.15, 0.2) is 6.61 Å². The van der Waals surface area contributed by atoms with Crippen molar-refractivity contribution in [1.29, 1.82) is 0 Å². The monoisotopic (exact) mass is 383 g/mol. The van der Waals surface area contributed by atoms with Gasteiger partial charge < -0.3 is 19.5 Å². The molecule has 0 radical (unpaired) electrons. The van der Waals surface area contributed by atoms with Crippen LogP contribution in [0.4, 0.5) is 13.2 Å². The molecular formula is C18H16F3NO5. The molecule has 0 aromatic heterocycles. The summed E-state index contributed by atoms with van der Waals surface area (Å²) in [4.78, 5) is 23.6. The van der Waals surface area contributed by atoms with Gasteiger partial charge >= 0.3 is 12.3 Å². The molecule has 9 heteroatoms. The van der Waals surface area contributed by atoms with Gasteiger partial charge in [0, 0.05) is 12.1 Å². The molecule has 0 spiro atoms. The number of carbonyl (C=O) groups excluding carboxylic acids is 2. The highest BCUT2D eigenvalue weighted by Gasteiger charge is 2.31. The van der Waals surface area contributed by atoms with E-state index in [-0.39, 0.29) is 12.1 Å². The number of ether oxygens (including phenoxy) is 3. The van der Waals surface area contributed by atoms with Crippen LogP contribution in [0.3, 0.4) is 0 Å². The van der Waals surface area contributed by atoms with Crippen molar-refractivity contribution < 1.29 is 37.0 Å². The molecule has 2 aromatic carbocycles. The number of hydrogen-bond donors (Lipinski definition) is 1. The summed E-state index contributed by atoms with van der Waals surface area (Å²) in [6.07, 6.45) is -4.82. The van der Waals surface area contributed by atoms with E-state index in [9.17, 15) is 22.8 Å². The quantitative estimate of drug-likeness (QED) is 0.744. The van der Waals surface area contributed by atoms with Gasteiger partial charge in [-0.05, 0) is 30.3 Å². The molecule has 1 N–H and O–H groups in total. The van der Waals surface area contributed by atoms with Crippen LogP contribution in [0.1, 0.15) is 15.9 Å². The first-order valence-corrected chi connectivity index (χ1v) is 7.70. The average molecular weight is 383 g/mol. The number of carbonyl (C=O) groups is 2. The highest BCUT2D eigenvalue weighted by atomic mass is 19.4. The third kappa shape index (κ3) is 6.53. The number of amides is 1. The molecule has 0 fully saturated rings. The largest absolute Gasteiger partial charge is 0.573 e. The van der Waals surface area contributed by atoms with Gasteiger partial charge in [-0.1, -0.05) is 18.2 Å². The molecule has 0 unspecified atom stereocenters. The van der Waals surface area contributed by atoms with Crippen molar-refractivity contribution >= 4 is 11.9 Å². The summed E-state index contributed by atoms with van der Waals surface area (Å²) in [6.45, 7) is -0.349. The smallest absolute Gasteiger partial charge is 0.496 e. The van der Waals surface area contributed by atoms with Crippen molar-refractivity contribution in [3.05, 3.63) is 59.7 Å². The second-order valence-corrected chi connectivity index (χ2v) is 5.24. The molecule has 0 bridgehead atoms. The zero-order valence-corrected chi connectivity index (χ0v) is 14.2. The number of nitrogens with one attached hydrogen (secondary N) is 1. The van der Waals surface area contributed by atoms with Gasteiger partial charge in [-0.15, -0.1) is 13.2 Å². The Morgan fingerprint density at radius 3 is 2.33 bits per heavy atom. The lowest BCUT2D eigenvalue weighted by Crippen LogP contribution is -2.28. The van der Waals surface area contributed by atoms with Crippen LogP contribution in [-0.2, 0) is 16.1 Å². The summed E-state index contributed by atoms with van der Waals surface area (Å²) in [7, 11) is 1.51. The lowest BCUT2D eigenvalue weighted by Gasteiger charge is -2.10. The Morgan fingerprint density at radius 1 is 1.04 bits per heavy atom. The summed E-state index contributed by atoms with van der Waals surface area (Å²) in [6, 6.07) is 11.3. The van der Waals surface area contributed by atoms with Crippen LogP contribution in [0.15, 0.2) is 48.5 Å². The molecule has 0 heterocycles. The maximum absolute atomic E-state index is 12.1. The van der Waals surface area contributed by atoms with E-state index < -0.39 is 30.6 Å². The number of rotatable bonds is 7. The van der Waals surface area contributed by atoms with Crippen molar-refractivity contribution in [2.75, 3.05) is 13.7 Å². The Bertz CT molecular complexity index is 790. The fraction of sp³-hybridized carbons (Fsp3) is 0.222. The molecule has 0 aliphatic rings. The van der Waals surface area contributed by atoms with Crippen LogP contribution in [0.25, 0.3) is 0 Å². The fourth-order valence-corrected chi connectivity index (χ4v) is 2.10. The fourth-order valence-electron chi connectivity index (χ4n) is 2.10. The average Bonchev–Trinajstić information content (AvgIpc) is 2.64. The Kier molecular flexibility index (Phi) is 6.64. The van der Waals surface area contributed by atoms with Crippen molar-refractivity contribution in [2.24, 2.45) is 0 Å². The second kappa shape index (κ2) is 8.93. The zero-order valence-electron chi connectivity index (χ0n) is 14.2. The van der Waals surface area contributed by atoms with Gasteiger partial charge in [0.2, 0.25) is 0 Å². The third-order valence-electron chi connectivity index (χ3n) is 3.33. The third-order valence-corrected chi connectivity index (χ3v) is 3.33. The van der Waals surface area contributed by atoms with Gasteiger partial charge in [-0.3, -0.25) is 4.79 Å². The zero-order chi connectivity index (χ0) is 19.9. The summed E-state index contributed by atoms with van der Waals surface area (Å²) in [5, 5.41) is 2.57. The minimum Gasteiger partial charge on any atom is -0.496 e. The number of para-hydroxylation sites is 1. The van der Waals surface area contributed by atoms with Crippen molar-refractivity contribution in [1.82, 2.24) is 5.32 Å². The van der Waals surface area contributed by atoms with Gasteiger partial charge in [0.05, 0.1) is 12.7 Å². The predicted octanol–water partition coefficient (Wildman–Crippen LogP) is 3.07. The summed E-state index contributed by atoms with van der Waals surface area (Å²) < 4.78 is 49.9. The van der Waals surface area contributed by atoms with Crippen LogP contribution < -0.4 is 14.8 Å². The molecule has 27 heavy (non-hydrogen) atoms. The molecule has 2 rings (SSSR count).